The van der Waals surface area contributed by atoms with E-state index in [4.69, 9.17) is 4.74 Å². The molecule has 0 saturated heterocycles. The van der Waals surface area contributed by atoms with Gasteiger partial charge in [-0.2, -0.15) is 11.8 Å². The number of carbonyl (C=O) groups excluding carboxylic acids is 1. The Balaban J connectivity index is 3.93. The highest BCUT2D eigenvalue weighted by atomic mass is 32.2. The van der Waals surface area contributed by atoms with E-state index >= 15 is 0 Å². The average molecular weight is 219 g/mol. The van der Waals surface area contributed by atoms with E-state index < -0.39 is 5.54 Å². The van der Waals surface area contributed by atoms with Crippen molar-refractivity contribution in [2.45, 2.75) is 31.7 Å². The summed E-state index contributed by atoms with van der Waals surface area (Å²) in [6.07, 6.45) is 5.12. The first-order chi connectivity index (χ1) is 6.60. The van der Waals surface area contributed by atoms with E-state index in [9.17, 15) is 4.79 Å². The standard InChI is InChI=1S/C10H21NO2S/c1-10(11-2,9(12)13-3)7-5-6-8-14-4/h11H,5-8H2,1-4H3. The second-order valence-corrected chi connectivity index (χ2v) is 4.51. The summed E-state index contributed by atoms with van der Waals surface area (Å²) in [7, 11) is 3.23. The molecule has 14 heavy (non-hydrogen) atoms. The second-order valence-electron chi connectivity index (χ2n) is 3.52. The second kappa shape index (κ2) is 7.12. The lowest BCUT2D eigenvalue weighted by Crippen LogP contribution is -2.48. The van der Waals surface area contributed by atoms with Gasteiger partial charge in [0.1, 0.15) is 5.54 Å². The molecule has 0 spiro atoms. The number of thioether (sulfide) groups is 1. The van der Waals surface area contributed by atoms with Gasteiger partial charge in [-0.05, 0) is 38.8 Å². The zero-order valence-electron chi connectivity index (χ0n) is 9.55. The lowest BCUT2D eigenvalue weighted by Gasteiger charge is -2.25. The third kappa shape index (κ3) is 4.33. The van der Waals surface area contributed by atoms with E-state index in [1.54, 1.807) is 7.05 Å². The fourth-order valence-corrected chi connectivity index (χ4v) is 1.77. The Bertz CT molecular complexity index is 176. The number of nitrogens with one attached hydrogen (secondary N) is 1. The molecular formula is C10H21NO2S. The summed E-state index contributed by atoms with van der Waals surface area (Å²) in [6.45, 7) is 1.89. The van der Waals surface area contributed by atoms with Gasteiger partial charge in [-0.15, -0.1) is 0 Å². The maximum absolute atomic E-state index is 11.4. The van der Waals surface area contributed by atoms with Gasteiger partial charge in [-0.3, -0.25) is 4.79 Å². The van der Waals surface area contributed by atoms with Crippen LogP contribution in [0.1, 0.15) is 26.2 Å². The topological polar surface area (TPSA) is 38.3 Å². The van der Waals surface area contributed by atoms with Gasteiger partial charge in [0.05, 0.1) is 7.11 Å². The molecule has 84 valence electrons. The van der Waals surface area contributed by atoms with Gasteiger partial charge in [-0.1, -0.05) is 6.42 Å². The highest BCUT2D eigenvalue weighted by Crippen LogP contribution is 2.16. The van der Waals surface area contributed by atoms with Crippen LogP contribution in [0.15, 0.2) is 0 Å². The van der Waals surface area contributed by atoms with Crippen LogP contribution in [0, 0.1) is 0 Å². The quantitative estimate of drug-likeness (QED) is 0.522. The summed E-state index contributed by atoms with van der Waals surface area (Å²) in [5.41, 5.74) is -0.521. The summed E-state index contributed by atoms with van der Waals surface area (Å²) >= 11 is 1.84. The molecule has 3 nitrogen and oxygen atoms in total. The van der Waals surface area contributed by atoms with Crippen LogP contribution in [-0.4, -0.2) is 37.7 Å². The Labute approximate surface area is 91.0 Å². The number of rotatable bonds is 7. The minimum Gasteiger partial charge on any atom is -0.468 e. The summed E-state index contributed by atoms with van der Waals surface area (Å²) in [5, 5.41) is 3.02. The van der Waals surface area contributed by atoms with Crippen molar-refractivity contribution < 1.29 is 9.53 Å². The van der Waals surface area contributed by atoms with Crippen LogP contribution in [0.4, 0.5) is 0 Å². The first-order valence-electron chi connectivity index (χ1n) is 4.87. The van der Waals surface area contributed by atoms with Gasteiger partial charge in [0, 0.05) is 0 Å². The van der Waals surface area contributed by atoms with Crippen molar-refractivity contribution in [2.75, 3.05) is 26.2 Å². The molecule has 0 amide bonds. The molecule has 0 radical (unpaired) electrons. The van der Waals surface area contributed by atoms with Gasteiger partial charge in [0.15, 0.2) is 0 Å². The lowest BCUT2D eigenvalue weighted by atomic mass is 9.95. The molecule has 0 aromatic carbocycles. The van der Waals surface area contributed by atoms with Gasteiger partial charge in [0.25, 0.3) is 0 Å². The SMILES string of the molecule is CNC(C)(CCCCSC)C(=O)OC. The van der Waals surface area contributed by atoms with Crippen molar-refractivity contribution in [3.05, 3.63) is 0 Å². The minimum absolute atomic E-state index is 0.177. The van der Waals surface area contributed by atoms with Crippen molar-refractivity contribution in [2.24, 2.45) is 0 Å². The fraction of sp³-hybridized carbons (Fsp3) is 0.900. The van der Waals surface area contributed by atoms with Crippen molar-refractivity contribution in [3.8, 4) is 0 Å². The molecule has 4 heteroatoms. The Kier molecular flexibility index (Phi) is 7.01. The molecule has 1 atom stereocenters. The largest absolute Gasteiger partial charge is 0.468 e. The fourth-order valence-electron chi connectivity index (χ4n) is 1.28. The maximum Gasteiger partial charge on any atom is 0.325 e. The molecule has 0 aromatic heterocycles. The van der Waals surface area contributed by atoms with Crippen LogP contribution in [0.25, 0.3) is 0 Å². The molecule has 0 aliphatic heterocycles. The number of methoxy groups -OCH3 is 1. The van der Waals surface area contributed by atoms with E-state index in [0.717, 1.165) is 25.0 Å². The molecule has 1 unspecified atom stereocenters. The zero-order valence-corrected chi connectivity index (χ0v) is 10.4. The van der Waals surface area contributed by atoms with Crippen LogP contribution in [0.3, 0.4) is 0 Å². The Hall–Kier alpha value is -0.220. The Morgan fingerprint density at radius 2 is 2.14 bits per heavy atom. The number of carbonyl (C=O) groups is 1. The van der Waals surface area contributed by atoms with Crippen LogP contribution in [0.2, 0.25) is 0 Å². The van der Waals surface area contributed by atoms with Crippen LogP contribution in [0.5, 0.6) is 0 Å². The first-order valence-corrected chi connectivity index (χ1v) is 6.26. The molecule has 0 bridgehead atoms. The third-order valence-corrected chi connectivity index (χ3v) is 3.16. The third-order valence-electron chi connectivity index (χ3n) is 2.46. The molecule has 0 saturated carbocycles. The molecule has 0 fully saturated rings. The van der Waals surface area contributed by atoms with E-state index in [1.807, 2.05) is 18.7 Å². The Morgan fingerprint density at radius 1 is 1.50 bits per heavy atom. The summed E-state index contributed by atoms with van der Waals surface area (Å²) in [6, 6.07) is 0. The highest BCUT2D eigenvalue weighted by Gasteiger charge is 2.31. The van der Waals surface area contributed by atoms with E-state index in [0.29, 0.717) is 0 Å². The number of hydrogen-bond acceptors (Lipinski definition) is 4. The molecular weight excluding hydrogens is 198 g/mol. The van der Waals surface area contributed by atoms with Crippen molar-refractivity contribution in [1.29, 1.82) is 0 Å². The van der Waals surface area contributed by atoms with Crippen LogP contribution in [-0.2, 0) is 9.53 Å². The predicted molar refractivity (Wildman–Crippen MR) is 61.7 cm³/mol. The van der Waals surface area contributed by atoms with E-state index in [2.05, 4.69) is 11.6 Å². The number of unbranched alkanes of at least 4 members (excludes halogenated alkanes) is 1. The number of likely N-dealkylation sites (N-methyl/N-ethyl adjacent to an activating group) is 1. The number of hydrogen-bond donors (Lipinski definition) is 1. The van der Waals surface area contributed by atoms with E-state index in [1.165, 1.54) is 7.11 Å². The van der Waals surface area contributed by atoms with Gasteiger partial charge < -0.3 is 10.1 Å². The highest BCUT2D eigenvalue weighted by molar-refractivity contribution is 7.98. The van der Waals surface area contributed by atoms with Crippen LogP contribution < -0.4 is 5.32 Å². The maximum atomic E-state index is 11.4. The molecule has 0 aliphatic rings. The van der Waals surface area contributed by atoms with Crippen molar-refractivity contribution >= 4 is 17.7 Å². The van der Waals surface area contributed by atoms with E-state index in [-0.39, 0.29) is 5.97 Å². The summed E-state index contributed by atoms with van der Waals surface area (Å²) in [5.74, 6) is 0.977. The van der Waals surface area contributed by atoms with Crippen molar-refractivity contribution in [1.82, 2.24) is 5.32 Å². The predicted octanol–water partition coefficient (Wildman–Crippen LogP) is 1.67. The van der Waals surface area contributed by atoms with Gasteiger partial charge in [0.2, 0.25) is 0 Å². The van der Waals surface area contributed by atoms with Gasteiger partial charge >= 0.3 is 5.97 Å². The number of esters is 1. The normalized spacial score (nSPS) is 14.9. The smallest absolute Gasteiger partial charge is 0.325 e. The Morgan fingerprint density at radius 3 is 2.57 bits per heavy atom. The van der Waals surface area contributed by atoms with Crippen molar-refractivity contribution in [3.63, 3.8) is 0 Å². The number of ether oxygens (including phenoxy) is 1. The van der Waals surface area contributed by atoms with Gasteiger partial charge in [-0.25, -0.2) is 0 Å². The molecule has 0 aromatic rings. The monoisotopic (exact) mass is 219 g/mol. The molecule has 1 N–H and O–H groups in total. The minimum atomic E-state index is -0.521. The summed E-state index contributed by atoms with van der Waals surface area (Å²) < 4.78 is 4.76. The van der Waals surface area contributed by atoms with Crippen LogP contribution >= 0.6 is 11.8 Å². The zero-order chi connectivity index (χ0) is 11.0. The first kappa shape index (κ1) is 13.8. The molecule has 0 aliphatic carbocycles. The summed E-state index contributed by atoms with van der Waals surface area (Å²) in [4.78, 5) is 11.4. The lowest BCUT2D eigenvalue weighted by molar-refractivity contribution is -0.148. The molecule has 0 rings (SSSR count). The average Bonchev–Trinajstić information content (AvgIpc) is 2.22. The molecule has 0 heterocycles.